The predicted octanol–water partition coefficient (Wildman–Crippen LogP) is -0.387. The fraction of sp³-hybridized carbons (Fsp3) is 0.455. The van der Waals surface area contributed by atoms with Gasteiger partial charge < -0.3 is 10.2 Å². The summed E-state index contributed by atoms with van der Waals surface area (Å²) in [6, 6.07) is 3.96. The van der Waals surface area contributed by atoms with Gasteiger partial charge in [0.15, 0.2) is 9.84 Å². The first kappa shape index (κ1) is 12.3. The zero-order valence-corrected chi connectivity index (χ0v) is 10.5. The van der Waals surface area contributed by atoms with Crippen LogP contribution < -0.4 is 10.2 Å². The van der Waals surface area contributed by atoms with Crippen molar-refractivity contribution in [1.82, 2.24) is 0 Å². The van der Waals surface area contributed by atoms with Crippen molar-refractivity contribution < 1.29 is 18.1 Å². The zero-order chi connectivity index (χ0) is 12.5. The number of nitrogens with two attached hydrogens (primary N) is 1. The number of sulfone groups is 1. The van der Waals surface area contributed by atoms with Gasteiger partial charge >= 0.3 is 0 Å². The van der Waals surface area contributed by atoms with Gasteiger partial charge in [-0.2, -0.15) is 0 Å². The van der Waals surface area contributed by atoms with Crippen LogP contribution in [0.5, 0.6) is 0 Å². The van der Waals surface area contributed by atoms with Crippen molar-refractivity contribution in [3.63, 3.8) is 0 Å². The third-order valence-corrected chi connectivity index (χ3v) is 3.99. The lowest BCUT2D eigenvalue weighted by atomic mass is 10.2. The Morgan fingerprint density at radius 1 is 1.29 bits per heavy atom. The van der Waals surface area contributed by atoms with Crippen LogP contribution in [0.4, 0.5) is 10.1 Å². The second kappa shape index (κ2) is 4.62. The van der Waals surface area contributed by atoms with Crippen molar-refractivity contribution in [2.45, 2.75) is 4.90 Å². The molecule has 0 amide bonds. The maximum absolute atomic E-state index is 13.2. The van der Waals surface area contributed by atoms with E-state index in [-0.39, 0.29) is 4.90 Å². The molecule has 0 bridgehead atoms. The first-order chi connectivity index (χ1) is 7.98. The van der Waals surface area contributed by atoms with Gasteiger partial charge in [0.2, 0.25) is 0 Å². The third kappa shape index (κ3) is 2.76. The van der Waals surface area contributed by atoms with Gasteiger partial charge in [-0.05, 0) is 18.2 Å². The molecule has 1 aromatic rings. The van der Waals surface area contributed by atoms with E-state index in [1.165, 1.54) is 6.07 Å². The summed E-state index contributed by atoms with van der Waals surface area (Å²) >= 11 is 0. The minimum atomic E-state index is -3.40. The minimum absolute atomic E-state index is 0.0828. The Bertz CT molecular complexity index is 510. The van der Waals surface area contributed by atoms with E-state index in [0.717, 1.165) is 38.5 Å². The average molecular weight is 259 g/mol. The fourth-order valence-corrected chi connectivity index (χ4v) is 2.94. The standard InChI is InChI=1S/C11H15FN2O2S/c1-17(15,16)11-8-9(12)2-3-10(11)14-6-4-13-5-7-14/h2-3,8,13H,4-7H2,1H3/p+1. The van der Waals surface area contributed by atoms with Crippen LogP contribution in [0, 0.1) is 5.82 Å². The highest BCUT2D eigenvalue weighted by molar-refractivity contribution is 7.90. The Labute approximate surface area is 100 Å². The Morgan fingerprint density at radius 3 is 2.53 bits per heavy atom. The van der Waals surface area contributed by atoms with Gasteiger partial charge in [0.05, 0.1) is 36.8 Å². The summed E-state index contributed by atoms with van der Waals surface area (Å²) in [6.07, 6.45) is 1.11. The normalized spacial score (nSPS) is 17.2. The lowest BCUT2D eigenvalue weighted by Gasteiger charge is -2.28. The lowest BCUT2D eigenvalue weighted by Crippen LogP contribution is -2.89. The molecular weight excluding hydrogens is 243 g/mol. The molecule has 0 aliphatic carbocycles. The van der Waals surface area contributed by atoms with Crippen molar-refractivity contribution in [2.75, 3.05) is 37.3 Å². The molecule has 0 aromatic heterocycles. The number of hydrogen-bond donors (Lipinski definition) is 1. The summed E-state index contributed by atoms with van der Waals surface area (Å²) in [4.78, 5) is 2.08. The number of anilines is 1. The number of quaternary nitrogens is 1. The maximum Gasteiger partial charge on any atom is 0.177 e. The summed E-state index contributed by atoms with van der Waals surface area (Å²) in [5.74, 6) is -0.516. The summed E-state index contributed by atoms with van der Waals surface area (Å²) in [7, 11) is -3.40. The van der Waals surface area contributed by atoms with Crippen LogP contribution >= 0.6 is 0 Å². The van der Waals surface area contributed by atoms with Crippen LogP contribution in [-0.4, -0.2) is 40.9 Å². The summed E-state index contributed by atoms with van der Waals surface area (Å²) in [5.41, 5.74) is 0.613. The Hall–Kier alpha value is -1.14. The van der Waals surface area contributed by atoms with E-state index >= 15 is 0 Å². The quantitative estimate of drug-likeness (QED) is 0.787. The SMILES string of the molecule is CS(=O)(=O)c1cc(F)ccc1N1CC[NH2+]CC1. The third-order valence-electron chi connectivity index (χ3n) is 2.87. The Kier molecular flexibility index (Phi) is 3.35. The highest BCUT2D eigenvalue weighted by Gasteiger charge is 2.21. The molecule has 0 spiro atoms. The minimum Gasteiger partial charge on any atom is -0.359 e. The number of rotatable bonds is 2. The molecule has 1 aliphatic rings. The molecule has 0 saturated carbocycles. The van der Waals surface area contributed by atoms with Gasteiger partial charge in [-0.15, -0.1) is 0 Å². The molecule has 6 heteroatoms. The van der Waals surface area contributed by atoms with Crippen LogP contribution in [0.1, 0.15) is 0 Å². The van der Waals surface area contributed by atoms with Gasteiger partial charge in [0, 0.05) is 6.26 Å². The highest BCUT2D eigenvalue weighted by atomic mass is 32.2. The van der Waals surface area contributed by atoms with E-state index in [1.54, 1.807) is 6.07 Å². The van der Waals surface area contributed by atoms with Crippen LogP contribution in [0.3, 0.4) is 0 Å². The molecule has 1 aromatic carbocycles. The Morgan fingerprint density at radius 2 is 1.94 bits per heavy atom. The summed E-state index contributed by atoms with van der Waals surface area (Å²) < 4.78 is 36.5. The largest absolute Gasteiger partial charge is 0.359 e. The molecule has 0 radical (unpaired) electrons. The first-order valence-electron chi connectivity index (χ1n) is 5.55. The zero-order valence-electron chi connectivity index (χ0n) is 9.69. The second-order valence-electron chi connectivity index (χ2n) is 4.24. The summed E-state index contributed by atoms with van der Waals surface area (Å²) in [5, 5.41) is 2.18. The van der Waals surface area contributed by atoms with E-state index in [1.807, 2.05) is 4.90 Å². The molecule has 1 fully saturated rings. The predicted molar refractivity (Wildman–Crippen MR) is 63.4 cm³/mol. The van der Waals surface area contributed by atoms with E-state index in [4.69, 9.17) is 0 Å². The van der Waals surface area contributed by atoms with Gasteiger partial charge in [0.1, 0.15) is 5.82 Å². The Balaban J connectivity index is 2.45. The van der Waals surface area contributed by atoms with Crippen molar-refractivity contribution in [3.8, 4) is 0 Å². The molecule has 1 saturated heterocycles. The molecule has 17 heavy (non-hydrogen) atoms. The van der Waals surface area contributed by atoms with E-state index in [9.17, 15) is 12.8 Å². The van der Waals surface area contributed by atoms with Crippen LogP contribution in [-0.2, 0) is 9.84 Å². The molecule has 94 valence electrons. The summed E-state index contributed by atoms with van der Waals surface area (Å²) in [6.45, 7) is 3.43. The van der Waals surface area contributed by atoms with E-state index < -0.39 is 15.7 Å². The average Bonchev–Trinajstić information content (AvgIpc) is 2.29. The van der Waals surface area contributed by atoms with Gasteiger partial charge in [-0.3, -0.25) is 0 Å². The van der Waals surface area contributed by atoms with E-state index in [0.29, 0.717) is 5.69 Å². The maximum atomic E-state index is 13.2. The first-order valence-corrected chi connectivity index (χ1v) is 7.44. The van der Waals surface area contributed by atoms with Crippen LogP contribution in [0.25, 0.3) is 0 Å². The molecule has 1 aliphatic heterocycles. The number of hydrogen-bond acceptors (Lipinski definition) is 3. The lowest BCUT2D eigenvalue weighted by molar-refractivity contribution is -0.655. The van der Waals surface area contributed by atoms with Gasteiger partial charge in [0.25, 0.3) is 0 Å². The smallest absolute Gasteiger partial charge is 0.177 e. The topological polar surface area (TPSA) is 54.0 Å². The monoisotopic (exact) mass is 259 g/mol. The van der Waals surface area contributed by atoms with Crippen molar-refractivity contribution >= 4 is 15.5 Å². The van der Waals surface area contributed by atoms with Crippen LogP contribution in [0.15, 0.2) is 23.1 Å². The van der Waals surface area contributed by atoms with Crippen LogP contribution in [0.2, 0.25) is 0 Å². The van der Waals surface area contributed by atoms with Gasteiger partial charge in [-0.25, -0.2) is 12.8 Å². The molecule has 0 unspecified atom stereocenters. The second-order valence-corrected chi connectivity index (χ2v) is 6.22. The fourth-order valence-electron chi connectivity index (χ4n) is 2.04. The van der Waals surface area contributed by atoms with Gasteiger partial charge in [-0.1, -0.05) is 0 Å². The number of benzene rings is 1. The molecule has 4 nitrogen and oxygen atoms in total. The molecular formula is C11H16FN2O2S+. The number of halogens is 1. The molecule has 2 N–H and O–H groups in total. The molecule has 1 heterocycles. The van der Waals surface area contributed by atoms with Crippen molar-refractivity contribution in [3.05, 3.63) is 24.0 Å². The molecule has 0 atom stereocenters. The van der Waals surface area contributed by atoms with Crippen molar-refractivity contribution in [2.24, 2.45) is 0 Å². The highest BCUT2D eigenvalue weighted by Crippen LogP contribution is 2.26. The van der Waals surface area contributed by atoms with Crippen molar-refractivity contribution in [1.29, 1.82) is 0 Å². The number of nitrogens with zero attached hydrogens (tertiary/aromatic N) is 1. The van der Waals surface area contributed by atoms with E-state index in [2.05, 4.69) is 5.32 Å². The molecule has 2 rings (SSSR count). The number of piperazine rings is 1.